The van der Waals surface area contributed by atoms with Gasteiger partial charge in [0.05, 0.1) is 13.2 Å². The summed E-state index contributed by atoms with van der Waals surface area (Å²) in [4.78, 5) is 33.8. The zero-order valence-corrected chi connectivity index (χ0v) is 26.2. The van der Waals surface area contributed by atoms with Crippen LogP contribution in [0.25, 0.3) is 22.5 Å². The molecule has 0 aliphatic heterocycles. The van der Waals surface area contributed by atoms with Gasteiger partial charge in [0, 0.05) is 35.5 Å². The highest BCUT2D eigenvalue weighted by atomic mass is 16.5. The van der Waals surface area contributed by atoms with Gasteiger partial charge in [-0.15, -0.1) is 0 Å². The first-order chi connectivity index (χ1) is 22.0. The van der Waals surface area contributed by atoms with Crippen LogP contribution in [0, 0.1) is 0 Å². The second kappa shape index (κ2) is 17.5. The lowest BCUT2D eigenvalue weighted by molar-refractivity contribution is -0.139. The number of benzene rings is 3. The highest BCUT2D eigenvalue weighted by Gasteiger charge is 2.21. The van der Waals surface area contributed by atoms with E-state index < -0.39 is 17.9 Å². The third kappa shape index (κ3) is 10.4. The van der Waals surface area contributed by atoms with Crippen molar-refractivity contribution in [3.05, 3.63) is 96.3 Å². The van der Waals surface area contributed by atoms with Gasteiger partial charge in [0.25, 0.3) is 5.91 Å². The summed E-state index contributed by atoms with van der Waals surface area (Å²) >= 11 is 0. The molecule has 0 aliphatic rings. The number of aromatic nitrogens is 2. The van der Waals surface area contributed by atoms with Crippen LogP contribution in [0.15, 0.2) is 85.2 Å². The van der Waals surface area contributed by atoms with Gasteiger partial charge in [-0.2, -0.15) is 0 Å². The second-order valence-corrected chi connectivity index (χ2v) is 11.1. The molecule has 45 heavy (non-hydrogen) atoms. The molecule has 0 saturated heterocycles. The molecule has 236 valence electrons. The fourth-order valence-electron chi connectivity index (χ4n) is 4.77. The maximum absolute atomic E-state index is 12.8. The van der Waals surface area contributed by atoms with E-state index in [4.69, 9.17) is 9.47 Å². The monoisotopic (exact) mass is 609 g/mol. The average molecular weight is 610 g/mol. The number of rotatable bonds is 18. The minimum Gasteiger partial charge on any atom is -0.494 e. The van der Waals surface area contributed by atoms with Gasteiger partial charge < -0.3 is 19.9 Å². The molecular formula is C37H43N3O5. The van der Waals surface area contributed by atoms with E-state index >= 15 is 0 Å². The van der Waals surface area contributed by atoms with E-state index in [0.29, 0.717) is 23.7 Å². The minimum atomic E-state index is -1.10. The number of nitrogens with one attached hydrogen (secondary N) is 1. The highest BCUT2D eigenvalue weighted by molar-refractivity contribution is 5.96. The first kappa shape index (κ1) is 33.2. The number of hydrogen-bond acceptors (Lipinski definition) is 6. The predicted octanol–water partition coefficient (Wildman–Crippen LogP) is 7.76. The topological polar surface area (TPSA) is 111 Å². The van der Waals surface area contributed by atoms with E-state index in [9.17, 15) is 14.7 Å². The Labute approximate surface area is 265 Å². The van der Waals surface area contributed by atoms with Crippen LogP contribution in [-0.2, 0) is 11.2 Å². The molecule has 0 radical (unpaired) electrons. The Hall–Kier alpha value is -4.72. The van der Waals surface area contributed by atoms with Crippen molar-refractivity contribution in [3.8, 4) is 34.0 Å². The summed E-state index contributed by atoms with van der Waals surface area (Å²) in [6.07, 6.45) is 11.8. The Morgan fingerprint density at radius 1 is 0.689 bits per heavy atom. The van der Waals surface area contributed by atoms with Gasteiger partial charge in [0.2, 0.25) is 0 Å². The summed E-state index contributed by atoms with van der Waals surface area (Å²) in [7, 11) is 0. The number of carbonyl (C=O) groups is 2. The van der Waals surface area contributed by atoms with Crippen molar-refractivity contribution in [2.75, 3.05) is 13.2 Å². The van der Waals surface area contributed by atoms with Gasteiger partial charge in [-0.3, -0.25) is 4.79 Å². The van der Waals surface area contributed by atoms with Crippen molar-refractivity contribution < 1.29 is 24.2 Å². The van der Waals surface area contributed by atoms with Crippen LogP contribution in [0.2, 0.25) is 0 Å². The SMILES string of the molecule is CCCCCCCOc1ccc(-c2cnc(-c3ccc(CC(NC(=O)c4ccc(OCCCC)cc4)C(=O)O)cc3)nc2)cc1. The molecule has 2 N–H and O–H groups in total. The van der Waals surface area contributed by atoms with E-state index in [2.05, 4.69) is 29.1 Å². The molecule has 4 aromatic rings. The quantitative estimate of drug-likeness (QED) is 0.111. The van der Waals surface area contributed by atoms with E-state index in [-0.39, 0.29) is 6.42 Å². The van der Waals surface area contributed by atoms with E-state index in [1.165, 1.54) is 25.7 Å². The summed E-state index contributed by atoms with van der Waals surface area (Å²) in [5.74, 6) is 0.550. The fourth-order valence-corrected chi connectivity index (χ4v) is 4.77. The molecule has 8 heteroatoms. The number of nitrogens with zero attached hydrogens (tertiary/aromatic N) is 2. The Bertz CT molecular complexity index is 1470. The standard InChI is InChI=1S/C37H43N3O5/c1-3-5-7-8-9-23-45-32-18-14-28(15-19-32)31-25-38-35(39-26-31)29-12-10-27(11-13-29)24-34(37(42)43)40-36(41)30-16-20-33(21-17-30)44-22-6-4-2/h10-21,25-26,34H,3-9,22-24H2,1-2H3,(H,40,41)(H,42,43). The van der Waals surface area contributed by atoms with Crippen molar-refractivity contribution in [1.29, 1.82) is 0 Å². The maximum Gasteiger partial charge on any atom is 0.326 e. The highest BCUT2D eigenvalue weighted by Crippen LogP contribution is 2.24. The fraction of sp³-hybridized carbons (Fsp3) is 0.351. The van der Waals surface area contributed by atoms with Crippen LogP contribution in [0.1, 0.15) is 74.7 Å². The molecule has 8 nitrogen and oxygen atoms in total. The average Bonchev–Trinajstić information content (AvgIpc) is 3.07. The smallest absolute Gasteiger partial charge is 0.326 e. The minimum absolute atomic E-state index is 0.137. The molecule has 0 fully saturated rings. The molecule has 1 amide bonds. The second-order valence-electron chi connectivity index (χ2n) is 11.1. The van der Waals surface area contributed by atoms with Crippen LogP contribution in [0.3, 0.4) is 0 Å². The molecule has 1 atom stereocenters. The first-order valence-electron chi connectivity index (χ1n) is 15.9. The summed E-state index contributed by atoms with van der Waals surface area (Å²) in [6, 6.07) is 21.0. The molecule has 1 heterocycles. The van der Waals surface area contributed by atoms with E-state index in [1.54, 1.807) is 36.7 Å². The lowest BCUT2D eigenvalue weighted by atomic mass is 10.0. The number of carbonyl (C=O) groups excluding carboxylic acids is 1. The van der Waals surface area contributed by atoms with Gasteiger partial charge in [-0.05, 0) is 60.4 Å². The lowest BCUT2D eigenvalue weighted by Crippen LogP contribution is -2.42. The first-order valence-corrected chi connectivity index (χ1v) is 15.9. The number of amides is 1. The molecule has 0 saturated carbocycles. The van der Waals surface area contributed by atoms with Crippen molar-refractivity contribution in [3.63, 3.8) is 0 Å². The zero-order valence-electron chi connectivity index (χ0n) is 26.2. The largest absolute Gasteiger partial charge is 0.494 e. The number of carboxylic acid groups (broad SMARTS) is 1. The van der Waals surface area contributed by atoms with E-state index in [1.807, 2.05) is 48.5 Å². The van der Waals surface area contributed by atoms with Crippen molar-refractivity contribution in [2.24, 2.45) is 0 Å². The number of ether oxygens (including phenoxy) is 2. The predicted molar refractivity (Wildman–Crippen MR) is 177 cm³/mol. The number of carboxylic acids is 1. The van der Waals surface area contributed by atoms with E-state index in [0.717, 1.165) is 53.9 Å². The Morgan fingerprint density at radius 3 is 1.84 bits per heavy atom. The molecule has 0 spiro atoms. The van der Waals surface area contributed by atoms with Crippen LogP contribution >= 0.6 is 0 Å². The Morgan fingerprint density at radius 2 is 1.24 bits per heavy atom. The van der Waals surface area contributed by atoms with Gasteiger partial charge in [0.15, 0.2) is 5.82 Å². The van der Waals surface area contributed by atoms with Gasteiger partial charge >= 0.3 is 5.97 Å². The molecule has 4 rings (SSSR count). The van der Waals surface area contributed by atoms with Crippen molar-refractivity contribution >= 4 is 11.9 Å². The summed E-state index contributed by atoms with van der Waals surface area (Å²) < 4.78 is 11.5. The summed E-state index contributed by atoms with van der Waals surface area (Å²) in [5, 5.41) is 12.4. The Kier molecular flexibility index (Phi) is 12.9. The van der Waals surface area contributed by atoms with Crippen LogP contribution in [0.5, 0.6) is 11.5 Å². The Balaban J connectivity index is 1.30. The normalized spacial score (nSPS) is 11.5. The van der Waals surface area contributed by atoms with Crippen LogP contribution in [0.4, 0.5) is 0 Å². The number of hydrogen-bond donors (Lipinski definition) is 2. The number of unbranched alkanes of at least 4 members (excludes halogenated alkanes) is 5. The van der Waals surface area contributed by atoms with Gasteiger partial charge in [-0.1, -0.05) is 82.3 Å². The third-order valence-corrected chi connectivity index (χ3v) is 7.49. The van der Waals surface area contributed by atoms with Crippen LogP contribution in [-0.4, -0.2) is 46.2 Å². The molecule has 3 aromatic carbocycles. The van der Waals surface area contributed by atoms with Gasteiger partial charge in [-0.25, -0.2) is 14.8 Å². The molecule has 1 unspecified atom stereocenters. The molecule has 1 aromatic heterocycles. The number of aliphatic carboxylic acids is 1. The summed E-state index contributed by atoms with van der Waals surface area (Å²) in [6.45, 7) is 5.65. The van der Waals surface area contributed by atoms with Crippen LogP contribution < -0.4 is 14.8 Å². The maximum atomic E-state index is 12.8. The zero-order chi connectivity index (χ0) is 31.9. The van der Waals surface area contributed by atoms with Gasteiger partial charge in [0.1, 0.15) is 17.5 Å². The molecular weight excluding hydrogens is 566 g/mol. The van der Waals surface area contributed by atoms with Crippen molar-refractivity contribution in [1.82, 2.24) is 15.3 Å². The summed E-state index contributed by atoms with van der Waals surface area (Å²) in [5.41, 5.74) is 3.86. The molecule has 0 aliphatic carbocycles. The van der Waals surface area contributed by atoms with Crippen molar-refractivity contribution in [2.45, 2.75) is 71.3 Å². The molecule has 0 bridgehead atoms. The lowest BCUT2D eigenvalue weighted by Gasteiger charge is -2.15. The third-order valence-electron chi connectivity index (χ3n) is 7.49.